The number of rotatable bonds is 4. The highest BCUT2D eigenvalue weighted by molar-refractivity contribution is 7.89. The van der Waals surface area contributed by atoms with Crippen molar-refractivity contribution in [3.63, 3.8) is 0 Å². The van der Waals surface area contributed by atoms with Gasteiger partial charge in [-0.15, -0.1) is 0 Å². The van der Waals surface area contributed by atoms with Crippen molar-refractivity contribution in [3.8, 4) is 0 Å². The number of hydrogen-bond donors (Lipinski definition) is 1. The number of sulfonamides is 1. The number of anilines is 1. The number of nitrogen functional groups attached to an aromatic ring is 1. The molecular formula is C14H18N2O3S. The number of hydrogen-bond acceptors (Lipinski definition) is 4. The third-order valence-electron chi connectivity index (χ3n) is 3.19. The fraction of sp³-hybridized carbons (Fsp3) is 0.286. The lowest BCUT2D eigenvalue weighted by atomic mass is 10.2. The minimum absolute atomic E-state index is 0.185. The highest BCUT2D eigenvalue weighted by atomic mass is 32.2. The number of nitrogens with two attached hydrogens (primary N) is 1. The molecule has 108 valence electrons. The van der Waals surface area contributed by atoms with Crippen molar-refractivity contribution in [2.45, 2.75) is 25.3 Å². The van der Waals surface area contributed by atoms with Crippen molar-refractivity contribution in [2.75, 3.05) is 12.8 Å². The van der Waals surface area contributed by atoms with Gasteiger partial charge in [0.05, 0.1) is 11.4 Å². The van der Waals surface area contributed by atoms with E-state index in [-0.39, 0.29) is 11.4 Å². The zero-order valence-electron chi connectivity index (χ0n) is 11.8. The van der Waals surface area contributed by atoms with Crippen LogP contribution < -0.4 is 5.73 Å². The summed E-state index contributed by atoms with van der Waals surface area (Å²) in [5, 5.41) is 0. The van der Waals surface area contributed by atoms with E-state index in [2.05, 4.69) is 0 Å². The monoisotopic (exact) mass is 294 g/mol. The number of furan rings is 1. The van der Waals surface area contributed by atoms with Gasteiger partial charge < -0.3 is 10.2 Å². The lowest BCUT2D eigenvalue weighted by Gasteiger charge is -2.18. The minimum atomic E-state index is -3.59. The molecule has 0 aliphatic carbocycles. The molecule has 1 aromatic heterocycles. The third-order valence-corrected chi connectivity index (χ3v) is 5.14. The van der Waals surface area contributed by atoms with Gasteiger partial charge in [-0.3, -0.25) is 0 Å². The second kappa shape index (κ2) is 5.30. The molecule has 0 fully saturated rings. The molecule has 0 atom stereocenters. The van der Waals surface area contributed by atoms with E-state index in [0.29, 0.717) is 17.0 Å². The van der Waals surface area contributed by atoms with Gasteiger partial charge in [-0.2, -0.15) is 4.31 Å². The average molecular weight is 294 g/mol. The smallest absolute Gasteiger partial charge is 0.243 e. The zero-order chi connectivity index (χ0) is 14.9. The van der Waals surface area contributed by atoms with E-state index in [1.165, 1.54) is 11.4 Å². The first-order valence-corrected chi connectivity index (χ1v) is 7.63. The van der Waals surface area contributed by atoms with Crippen LogP contribution in [0.1, 0.15) is 17.1 Å². The molecule has 0 radical (unpaired) electrons. The van der Waals surface area contributed by atoms with Gasteiger partial charge >= 0.3 is 0 Å². The molecule has 0 spiro atoms. The molecule has 0 amide bonds. The number of nitrogens with zero attached hydrogens (tertiary/aromatic N) is 1. The molecule has 0 saturated heterocycles. The topological polar surface area (TPSA) is 76.5 Å². The van der Waals surface area contributed by atoms with Crippen LogP contribution in [0.25, 0.3) is 0 Å². The third kappa shape index (κ3) is 2.71. The molecule has 6 heteroatoms. The van der Waals surface area contributed by atoms with Gasteiger partial charge in [0.2, 0.25) is 10.0 Å². The van der Waals surface area contributed by atoms with E-state index in [4.69, 9.17) is 10.2 Å². The molecule has 0 saturated carbocycles. The first kappa shape index (κ1) is 14.6. The van der Waals surface area contributed by atoms with Crippen molar-refractivity contribution in [2.24, 2.45) is 0 Å². The van der Waals surface area contributed by atoms with Gasteiger partial charge in [0.15, 0.2) is 0 Å². The lowest BCUT2D eigenvalue weighted by Crippen LogP contribution is -2.27. The van der Waals surface area contributed by atoms with E-state index >= 15 is 0 Å². The summed E-state index contributed by atoms with van der Waals surface area (Å²) < 4.78 is 31.8. The Bertz CT molecular complexity index is 720. The predicted octanol–water partition coefficient (Wildman–Crippen LogP) is 2.30. The van der Waals surface area contributed by atoms with Crippen molar-refractivity contribution in [1.29, 1.82) is 0 Å². The summed E-state index contributed by atoms with van der Waals surface area (Å²) in [5.41, 5.74) is 6.80. The van der Waals surface area contributed by atoms with Crippen LogP contribution in [0, 0.1) is 13.8 Å². The summed E-state index contributed by atoms with van der Waals surface area (Å²) in [6.45, 7) is 3.71. The van der Waals surface area contributed by atoms with Gasteiger partial charge in [-0.1, -0.05) is 6.07 Å². The van der Waals surface area contributed by atoms with Crippen LogP contribution in [0.4, 0.5) is 5.69 Å². The van der Waals surface area contributed by atoms with Crippen LogP contribution >= 0.6 is 0 Å². The van der Waals surface area contributed by atoms with E-state index in [1.54, 1.807) is 31.2 Å². The van der Waals surface area contributed by atoms with E-state index < -0.39 is 10.0 Å². The van der Waals surface area contributed by atoms with E-state index in [9.17, 15) is 8.42 Å². The van der Waals surface area contributed by atoms with Gasteiger partial charge in [-0.25, -0.2) is 8.42 Å². The van der Waals surface area contributed by atoms with Gasteiger partial charge in [0.25, 0.3) is 0 Å². The lowest BCUT2D eigenvalue weighted by molar-refractivity contribution is 0.397. The molecule has 1 heterocycles. The maximum atomic E-state index is 12.5. The molecule has 20 heavy (non-hydrogen) atoms. The highest BCUT2D eigenvalue weighted by Gasteiger charge is 2.24. The van der Waals surface area contributed by atoms with Crippen molar-refractivity contribution < 1.29 is 12.8 Å². The van der Waals surface area contributed by atoms with Crippen molar-refractivity contribution in [3.05, 3.63) is 47.4 Å². The first-order valence-electron chi connectivity index (χ1n) is 6.19. The first-order chi connectivity index (χ1) is 9.32. The second-order valence-electron chi connectivity index (χ2n) is 4.74. The predicted molar refractivity (Wildman–Crippen MR) is 77.7 cm³/mol. The highest BCUT2D eigenvalue weighted by Crippen LogP contribution is 2.24. The molecule has 2 rings (SSSR count). The Balaban J connectivity index is 2.32. The summed E-state index contributed by atoms with van der Waals surface area (Å²) in [6.07, 6.45) is 0. The normalized spacial score (nSPS) is 12.0. The molecule has 2 N–H and O–H groups in total. The van der Waals surface area contributed by atoms with Crippen molar-refractivity contribution in [1.82, 2.24) is 4.31 Å². The van der Waals surface area contributed by atoms with E-state index in [1.807, 2.05) is 13.0 Å². The van der Waals surface area contributed by atoms with Gasteiger partial charge in [-0.05, 0) is 43.7 Å². The Morgan fingerprint density at radius 1 is 1.20 bits per heavy atom. The quantitative estimate of drug-likeness (QED) is 0.878. The van der Waals surface area contributed by atoms with Gasteiger partial charge in [0, 0.05) is 12.7 Å². The fourth-order valence-electron chi connectivity index (χ4n) is 1.95. The second-order valence-corrected chi connectivity index (χ2v) is 6.76. The summed E-state index contributed by atoms with van der Waals surface area (Å²) in [7, 11) is -2.06. The fourth-order valence-corrected chi connectivity index (χ4v) is 3.34. The van der Waals surface area contributed by atoms with E-state index in [0.717, 1.165) is 5.76 Å². The standard InChI is InChI=1S/C14H18N2O3S/c1-10-7-8-12(19-10)9-16(3)20(17,18)14-6-4-5-13(15)11(14)2/h4-8H,9,15H2,1-3H3. The largest absolute Gasteiger partial charge is 0.465 e. The Morgan fingerprint density at radius 3 is 2.50 bits per heavy atom. The summed E-state index contributed by atoms with van der Waals surface area (Å²) in [5.74, 6) is 1.36. The molecule has 0 aliphatic rings. The Hall–Kier alpha value is -1.79. The molecule has 0 unspecified atom stereocenters. The summed E-state index contributed by atoms with van der Waals surface area (Å²) in [4.78, 5) is 0.225. The maximum absolute atomic E-state index is 12.5. The maximum Gasteiger partial charge on any atom is 0.243 e. The Morgan fingerprint density at radius 2 is 1.90 bits per heavy atom. The molecular weight excluding hydrogens is 276 g/mol. The Kier molecular flexibility index (Phi) is 3.87. The molecule has 2 aromatic rings. The number of benzene rings is 1. The van der Waals surface area contributed by atoms with Crippen LogP contribution in [0.3, 0.4) is 0 Å². The molecule has 1 aromatic carbocycles. The van der Waals surface area contributed by atoms with Crippen LogP contribution in [-0.4, -0.2) is 19.8 Å². The SMILES string of the molecule is Cc1ccc(CN(C)S(=O)(=O)c2cccc(N)c2C)o1. The zero-order valence-corrected chi connectivity index (χ0v) is 12.6. The summed E-state index contributed by atoms with van der Waals surface area (Å²) in [6, 6.07) is 8.46. The Labute approximate surface area is 119 Å². The van der Waals surface area contributed by atoms with Crippen LogP contribution in [0.15, 0.2) is 39.6 Å². The minimum Gasteiger partial charge on any atom is -0.465 e. The number of aryl methyl sites for hydroxylation is 1. The van der Waals surface area contributed by atoms with Crippen LogP contribution in [0.2, 0.25) is 0 Å². The van der Waals surface area contributed by atoms with Crippen LogP contribution in [0.5, 0.6) is 0 Å². The molecule has 0 bridgehead atoms. The molecule has 0 aliphatic heterocycles. The van der Waals surface area contributed by atoms with Crippen molar-refractivity contribution >= 4 is 15.7 Å². The van der Waals surface area contributed by atoms with Gasteiger partial charge in [0.1, 0.15) is 11.5 Å². The summed E-state index contributed by atoms with van der Waals surface area (Å²) >= 11 is 0. The van der Waals surface area contributed by atoms with Crippen LogP contribution in [-0.2, 0) is 16.6 Å². The molecule has 5 nitrogen and oxygen atoms in total. The average Bonchev–Trinajstić information content (AvgIpc) is 2.78.